The maximum absolute atomic E-state index is 12.1. The summed E-state index contributed by atoms with van der Waals surface area (Å²) in [4.78, 5) is 22.6. The van der Waals surface area contributed by atoms with Crippen molar-refractivity contribution in [1.29, 1.82) is 0 Å². The second-order valence-corrected chi connectivity index (χ2v) is 5.67. The molecule has 1 N–H and O–H groups in total. The van der Waals surface area contributed by atoms with Crippen molar-refractivity contribution in [2.24, 2.45) is 0 Å². The highest BCUT2D eigenvalue weighted by atomic mass is 16.6. The molecule has 0 heterocycles. The van der Waals surface area contributed by atoms with Gasteiger partial charge in [-0.25, -0.2) is 0 Å². The molecular formula is C16H22N2O3. The molecule has 0 spiro atoms. The third-order valence-electron chi connectivity index (χ3n) is 4.01. The third-order valence-corrected chi connectivity index (χ3v) is 4.01. The number of hydrogen-bond donors (Lipinski definition) is 1. The summed E-state index contributed by atoms with van der Waals surface area (Å²) >= 11 is 0. The lowest BCUT2D eigenvalue weighted by Gasteiger charge is -2.21. The van der Waals surface area contributed by atoms with Gasteiger partial charge in [-0.3, -0.25) is 14.9 Å². The summed E-state index contributed by atoms with van der Waals surface area (Å²) in [5.74, 6) is -0.116. The van der Waals surface area contributed by atoms with Crippen LogP contribution in [0.15, 0.2) is 24.3 Å². The van der Waals surface area contributed by atoms with Gasteiger partial charge in [0.15, 0.2) is 0 Å². The van der Waals surface area contributed by atoms with Crippen LogP contribution in [0, 0.1) is 10.1 Å². The van der Waals surface area contributed by atoms with Gasteiger partial charge in [0.25, 0.3) is 5.69 Å². The number of carbonyl (C=O) groups excluding carboxylic acids is 1. The Morgan fingerprint density at radius 2 is 1.76 bits per heavy atom. The van der Waals surface area contributed by atoms with E-state index in [0.717, 1.165) is 25.7 Å². The van der Waals surface area contributed by atoms with Crippen LogP contribution >= 0.6 is 0 Å². The Hall–Kier alpha value is -1.91. The summed E-state index contributed by atoms with van der Waals surface area (Å²) in [6.07, 6.45) is 8.16. The van der Waals surface area contributed by atoms with Gasteiger partial charge in [0.05, 0.1) is 11.3 Å². The SMILES string of the molecule is O=C(Cc1ccccc1[N+](=O)[O-])NC1CCCCCCC1. The minimum atomic E-state index is -0.432. The Bertz CT molecular complexity index is 494. The highest BCUT2D eigenvalue weighted by molar-refractivity contribution is 5.80. The van der Waals surface area contributed by atoms with Crippen LogP contribution in [0.2, 0.25) is 0 Å². The lowest BCUT2D eigenvalue weighted by Crippen LogP contribution is -2.36. The van der Waals surface area contributed by atoms with Crippen LogP contribution < -0.4 is 5.32 Å². The maximum atomic E-state index is 12.1. The molecule has 21 heavy (non-hydrogen) atoms. The number of rotatable bonds is 4. The van der Waals surface area contributed by atoms with Gasteiger partial charge in [0, 0.05) is 17.7 Å². The summed E-state index contributed by atoms with van der Waals surface area (Å²) < 4.78 is 0. The van der Waals surface area contributed by atoms with Crippen molar-refractivity contribution in [3.63, 3.8) is 0 Å². The van der Waals surface area contributed by atoms with Crippen molar-refractivity contribution in [2.75, 3.05) is 0 Å². The Morgan fingerprint density at radius 3 is 2.43 bits per heavy atom. The van der Waals surface area contributed by atoms with Gasteiger partial charge in [-0.1, -0.05) is 50.3 Å². The molecule has 0 atom stereocenters. The number of nitrogens with zero attached hydrogens (tertiary/aromatic N) is 1. The number of nitro benzene ring substituents is 1. The molecule has 0 saturated heterocycles. The summed E-state index contributed by atoms with van der Waals surface area (Å²) in [5, 5.41) is 14.0. The third kappa shape index (κ3) is 4.85. The second kappa shape index (κ2) is 7.76. The van der Waals surface area contributed by atoms with Gasteiger partial charge in [-0.2, -0.15) is 0 Å². The van der Waals surface area contributed by atoms with E-state index >= 15 is 0 Å². The van der Waals surface area contributed by atoms with Crippen LogP contribution in [0.5, 0.6) is 0 Å². The molecule has 0 radical (unpaired) electrons. The van der Waals surface area contributed by atoms with E-state index in [9.17, 15) is 14.9 Å². The molecule has 1 aromatic carbocycles. The predicted molar refractivity (Wildman–Crippen MR) is 81.1 cm³/mol. The van der Waals surface area contributed by atoms with Crippen LogP contribution in [0.4, 0.5) is 5.69 Å². The molecule has 1 aliphatic carbocycles. The number of nitro groups is 1. The molecule has 1 aliphatic rings. The second-order valence-electron chi connectivity index (χ2n) is 5.67. The molecule has 1 saturated carbocycles. The number of para-hydroxylation sites is 1. The summed E-state index contributed by atoms with van der Waals surface area (Å²) in [5.41, 5.74) is 0.496. The zero-order chi connectivity index (χ0) is 15.1. The Kier molecular flexibility index (Phi) is 5.72. The zero-order valence-corrected chi connectivity index (χ0v) is 12.2. The van der Waals surface area contributed by atoms with Crippen molar-refractivity contribution >= 4 is 11.6 Å². The molecule has 1 fully saturated rings. The zero-order valence-electron chi connectivity index (χ0n) is 12.2. The Balaban J connectivity index is 1.93. The minimum absolute atomic E-state index is 0.0188. The van der Waals surface area contributed by atoms with Gasteiger partial charge in [0.2, 0.25) is 5.91 Å². The van der Waals surface area contributed by atoms with Crippen molar-refractivity contribution in [2.45, 2.75) is 57.4 Å². The molecular weight excluding hydrogens is 268 g/mol. The van der Waals surface area contributed by atoms with Crippen molar-refractivity contribution < 1.29 is 9.72 Å². The van der Waals surface area contributed by atoms with E-state index in [-0.39, 0.29) is 24.1 Å². The number of carbonyl (C=O) groups is 1. The van der Waals surface area contributed by atoms with Gasteiger partial charge >= 0.3 is 0 Å². The first kappa shape index (κ1) is 15.5. The Morgan fingerprint density at radius 1 is 1.14 bits per heavy atom. The number of amides is 1. The normalized spacial score (nSPS) is 16.8. The average molecular weight is 290 g/mol. The van der Waals surface area contributed by atoms with E-state index in [0.29, 0.717) is 5.56 Å². The lowest BCUT2D eigenvalue weighted by molar-refractivity contribution is -0.385. The first-order valence-corrected chi connectivity index (χ1v) is 7.68. The molecule has 5 heteroatoms. The highest BCUT2D eigenvalue weighted by Gasteiger charge is 2.18. The fourth-order valence-corrected chi connectivity index (χ4v) is 2.89. The number of hydrogen-bond acceptors (Lipinski definition) is 3. The molecule has 5 nitrogen and oxygen atoms in total. The quantitative estimate of drug-likeness (QED) is 0.682. The summed E-state index contributed by atoms with van der Waals surface area (Å²) in [6.45, 7) is 0. The van der Waals surface area contributed by atoms with Crippen molar-refractivity contribution in [1.82, 2.24) is 5.32 Å². The van der Waals surface area contributed by atoms with E-state index in [4.69, 9.17) is 0 Å². The molecule has 1 amide bonds. The van der Waals surface area contributed by atoms with Gasteiger partial charge in [-0.15, -0.1) is 0 Å². The standard InChI is InChI=1S/C16H22N2O3/c19-16(17-14-9-4-2-1-3-5-10-14)12-13-8-6-7-11-15(13)18(20)21/h6-8,11,14H,1-5,9-10,12H2,(H,17,19). The minimum Gasteiger partial charge on any atom is -0.353 e. The van der Waals surface area contributed by atoms with Crippen molar-refractivity contribution in [3.05, 3.63) is 39.9 Å². The van der Waals surface area contributed by atoms with Crippen molar-refractivity contribution in [3.8, 4) is 0 Å². The van der Waals surface area contributed by atoms with Gasteiger partial charge in [0.1, 0.15) is 0 Å². The van der Waals surface area contributed by atoms with Crippen LogP contribution in [0.25, 0.3) is 0 Å². The molecule has 1 aromatic rings. The summed E-state index contributed by atoms with van der Waals surface area (Å²) in [7, 11) is 0. The summed E-state index contributed by atoms with van der Waals surface area (Å²) in [6, 6.07) is 6.66. The fraction of sp³-hybridized carbons (Fsp3) is 0.562. The van der Waals surface area contributed by atoms with E-state index in [2.05, 4.69) is 5.32 Å². The molecule has 114 valence electrons. The predicted octanol–water partition coefficient (Wildman–Crippen LogP) is 3.37. The topological polar surface area (TPSA) is 72.2 Å². The molecule has 0 bridgehead atoms. The van der Waals surface area contributed by atoms with E-state index < -0.39 is 4.92 Å². The smallest absolute Gasteiger partial charge is 0.273 e. The van der Waals surface area contributed by atoms with Crippen LogP contribution in [-0.2, 0) is 11.2 Å². The first-order valence-electron chi connectivity index (χ1n) is 7.68. The Labute approximate surface area is 124 Å². The average Bonchev–Trinajstić information content (AvgIpc) is 2.42. The maximum Gasteiger partial charge on any atom is 0.273 e. The molecule has 0 aliphatic heterocycles. The van der Waals surface area contributed by atoms with E-state index in [1.807, 2.05) is 0 Å². The monoisotopic (exact) mass is 290 g/mol. The van der Waals surface area contributed by atoms with Crippen LogP contribution in [0.1, 0.15) is 50.5 Å². The molecule has 2 rings (SSSR count). The molecule has 0 aromatic heterocycles. The van der Waals surface area contributed by atoms with Gasteiger partial charge < -0.3 is 5.32 Å². The van der Waals surface area contributed by atoms with E-state index in [1.165, 1.54) is 25.3 Å². The number of benzene rings is 1. The van der Waals surface area contributed by atoms with Crippen LogP contribution in [0.3, 0.4) is 0 Å². The highest BCUT2D eigenvalue weighted by Crippen LogP contribution is 2.19. The lowest BCUT2D eigenvalue weighted by atomic mass is 9.96. The fourth-order valence-electron chi connectivity index (χ4n) is 2.89. The number of nitrogens with one attached hydrogen (secondary N) is 1. The van der Waals surface area contributed by atoms with Crippen LogP contribution in [-0.4, -0.2) is 16.9 Å². The molecule has 0 unspecified atom stereocenters. The largest absolute Gasteiger partial charge is 0.353 e. The van der Waals surface area contributed by atoms with Gasteiger partial charge in [-0.05, 0) is 12.8 Å². The first-order chi connectivity index (χ1) is 10.2. The van der Waals surface area contributed by atoms with E-state index in [1.54, 1.807) is 18.2 Å².